The minimum Gasteiger partial charge on any atom is -0.396 e. The van der Waals surface area contributed by atoms with Gasteiger partial charge in [0.05, 0.1) is 11.9 Å². The summed E-state index contributed by atoms with van der Waals surface area (Å²) in [5.41, 5.74) is 1.06. The Labute approximate surface area is 123 Å². The highest BCUT2D eigenvalue weighted by molar-refractivity contribution is 5.92. The highest BCUT2D eigenvalue weighted by atomic mass is 16.3. The molecule has 2 rings (SSSR count). The number of nitrogens with zero attached hydrogens (tertiary/aromatic N) is 3. The molecule has 0 radical (unpaired) electrons. The number of carbonyl (C=O) groups excluding carboxylic acids is 1. The zero-order valence-electron chi connectivity index (χ0n) is 12.2. The Morgan fingerprint density at radius 3 is 2.67 bits per heavy atom. The number of carbonyl (C=O) groups is 1. The lowest BCUT2D eigenvalue weighted by atomic mass is 10.0. The van der Waals surface area contributed by atoms with Gasteiger partial charge in [0, 0.05) is 12.6 Å². The summed E-state index contributed by atoms with van der Waals surface area (Å²) < 4.78 is 0. The van der Waals surface area contributed by atoms with E-state index in [2.05, 4.69) is 15.5 Å². The second kappa shape index (κ2) is 6.99. The first-order valence-corrected chi connectivity index (χ1v) is 7.01. The molecule has 112 valence electrons. The van der Waals surface area contributed by atoms with Gasteiger partial charge in [-0.25, -0.2) is 0 Å². The van der Waals surface area contributed by atoms with Gasteiger partial charge in [-0.3, -0.25) is 4.79 Å². The molecule has 0 bridgehead atoms. The van der Waals surface area contributed by atoms with Gasteiger partial charge in [-0.2, -0.15) is 9.90 Å². The first-order chi connectivity index (χ1) is 10.1. The second-order valence-corrected chi connectivity index (χ2v) is 5.19. The largest absolute Gasteiger partial charge is 0.396 e. The van der Waals surface area contributed by atoms with Crippen molar-refractivity contribution in [2.45, 2.75) is 26.3 Å². The Bertz CT molecular complexity index is 580. The van der Waals surface area contributed by atoms with Crippen molar-refractivity contribution in [2.75, 3.05) is 6.61 Å². The van der Waals surface area contributed by atoms with Gasteiger partial charge in [-0.15, -0.1) is 5.10 Å². The summed E-state index contributed by atoms with van der Waals surface area (Å²) in [6.07, 6.45) is 1.97. The highest BCUT2D eigenvalue weighted by Gasteiger charge is 2.18. The van der Waals surface area contributed by atoms with E-state index in [0.29, 0.717) is 6.42 Å². The van der Waals surface area contributed by atoms with Gasteiger partial charge in [-0.05, 0) is 24.5 Å². The average Bonchev–Trinajstić information content (AvgIpc) is 2.97. The first-order valence-electron chi connectivity index (χ1n) is 7.01. The molecule has 0 saturated heterocycles. The lowest BCUT2D eigenvalue weighted by Crippen LogP contribution is -2.39. The minimum atomic E-state index is -0.274. The van der Waals surface area contributed by atoms with Gasteiger partial charge < -0.3 is 10.4 Å². The van der Waals surface area contributed by atoms with Crippen LogP contribution < -0.4 is 5.32 Å². The predicted molar refractivity (Wildman–Crippen MR) is 79.2 cm³/mol. The van der Waals surface area contributed by atoms with Crippen molar-refractivity contribution in [3.05, 3.63) is 42.2 Å². The SMILES string of the molecule is CC(C)C(CCO)NC(=O)c1cnn(-c2ccccc2)n1. The summed E-state index contributed by atoms with van der Waals surface area (Å²) in [4.78, 5) is 13.6. The number of aliphatic hydroxyl groups is 1. The maximum absolute atomic E-state index is 12.2. The molecule has 6 nitrogen and oxygen atoms in total. The van der Waals surface area contributed by atoms with Crippen LogP contribution in [0, 0.1) is 5.92 Å². The number of aromatic nitrogens is 3. The molecule has 1 aromatic heterocycles. The second-order valence-electron chi connectivity index (χ2n) is 5.19. The maximum Gasteiger partial charge on any atom is 0.273 e. The van der Waals surface area contributed by atoms with Crippen LogP contribution in [0.1, 0.15) is 30.8 Å². The molecule has 6 heteroatoms. The molecule has 0 aliphatic carbocycles. The number of rotatable bonds is 6. The number of benzene rings is 1. The smallest absolute Gasteiger partial charge is 0.273 e. The third-order valence-electron chi connectivity index (χ3n) is 3.27. The van der Waals surface area contributed by atoms with Crippen LogP contribution in [0.4, 0.5) is 0 Å². The summed E-state index contributed by atoms with van der Waals surface area (Å²) in [6, 6.07) is 9.32. The van der Waals surface area contributed by atoms with Gasteiger partial charge >= 0.3 is 0 Å². The lowest BCUT2D eigenvalue weighted by molar-refractivity contribution is 0.0911. The fraction of sp³-hybridized carbons (Fsp3) is 0.400. The van der Waals surface area contributed by atoms with Crippen LogP contribution in [-0.2, 0) is 0 Å². The molecular weight excluding hydrogens is 268 g/mol. The maximum atomic E-state index is 12.2. The summed E-state index contributed by atoms with van der Waals surface area (Å²) in [5.74, 6) is -0.0328. The minimum absolute atomic E-state index is 0.0415. The molecule has 2 aromatic rings. The monoisotopic (exact) mass is 288 g/mol. The van der Waals surface area contributed by atoms with Crippen LogP contribution in [-0.4, -0.2) is 38.7 Å². The molecule has 1 amide bonds. The normalized spacial score (nSPS) is 12.4. The molecule has 1 unspecified atom stereocenters. The van der Waals surface area contributed by atoms with Gasteiger partial charge in [0.1, 0.15) is 0 Å². The van der Waals surface area contributed by atoms with E-state index < -0.39 is 0 Å². The van der Waals surface area contributed by atoms with Crippen molar-refractivity contribution >= 4 is 5.91 Å². The number of para-hydroxylation sites is 1. The molecule has 1 aromatic carbocycles. The van der Waals surface area contributed by atoms with E-state index in [1.165, 1.54) is 11.0 Å². The van der Waals surface area contributed by atoms with Crippen molar-refractivity contribution in [2.24, 2.45) is 5.92 Å². The number of nitrogens with one attached hydrogen (secondary N) is 1. The quantitative estimate of drug-likeness (QED) is 0.842. The molecule has 21 heavy (non-hydrogen) atoms. The summed E-state index contributed by atoms with van der Waals surface area (Å²) in [6.45, 7) is 4.04. The molecule has 0 aliphatic heterocycles. The van der Waals surface area contributed by atoms with Crippen molar-refractivity contribution in [3.63, 3.8) is 0 Å². The van der Waals surface area contributed by atoms with E-state index in [-0.39, 0.29) is 30.2 Å². The Morgan fingerprint density at radius 1 is 1.33 bits per heavy atom. The summed E-state index contributed by atoms with van der Waals surface area (Å²) >= 11 is 0. The van der Waals surface area contributed by atoms with Gasteiger partial charge in [0.2, 0.25) is 0 Å². The number of hydrogen-bond donors (Lipinski definition) is 2. The standard InChI is InChI=1S/C15H20N4O2/c1-11(2)13(8-9-20)17-15(21)14-10-16-19(18-14)12-6-4-3-5-7-12/h3-7,10-11,13,20H,8-9H2,1-2H3,(H,17,21). The van der Waals surface area contributed by atoms with Crippen LogP contribution in [0.15, 0.2) is 36.5 Å². The predicted octanol–water partition coefficient (Wildman–Crippen LogP) is 1.40. The van der Waals surface area contributed by atoms with Crippen molar-refractivity contribution in [1.29, 1.82) is 0 Å². The van der Waals surface area contributed by atoms with E-state index in [4.69, 9.17) is 5.11 Å². The van der Waals surface area contributed by atoms with Crippen molar-refractivity contribution in [1.82, 2.24) is 20.3 Å². The van der Waals surface area contributed by atoms with Gasteiger partial charge in [-0.1, -0.05) is 32.0 Å². The zero-order chi connectivity index (χ0) is 15.2. The van der Waals surface area contributed by atoms with Crippen molar-refractivity contribution < 1.29 is 9.90 Å². The van der Waals surface area contributed by atoms with Crippen molar-refractivity contribution in [3.8, 4) is 5.69 Å². The average molecular weight is 288 g/mol. The third-order valence-corrected chi connectivity index (χ3v) is 3.27. The van der Waals surface area contributed by atoms with Crippen LogP contribution in [0.2, 0.25) is 0 Å². The first kappa shape index (κ1) is 15.2. The van der Waals surface area contributed by atoms with E-state index in [0.717, 1.165) is 5.69 Å². The molecule has 1 atom stereocenters. The molecule has 0 fully saturated rings. The molecule has 1 heterocycles. The molecule has 0 spiro atoms. The van der Waals surface area contributed by atoms with Gasteiger partial charge in [0.15, 0.2) is 5.69 Å². The topological polar surface area (TPSA) is 80.0 Å². The van der Waals surface area contributed by atoms with E-state index in [9.17, 15) is 4.79 Å². The van der Waals surface area contributed by atoms with Crippen LogP contribution in [0.3, 0.4) is 0 Å². The summed E-state index contributed by atoms with van der Waals surface area (Å²) in [7, 11) is 0. The van der Waals surface area contributed by atoms with E-state index >= 15 is 0 Å². The molecule has 0 aliphatic rings. The Kier molecular flexibility index (Phi) is 5.05. The zero-order valence-corrected chi connectivity index (χ0v) is 12.2. The number of amides is 1. The Morgan fingerprint density at radius 2 is 2.05 bits per heavy atom. The Balaban J connectivity index is 2.08. The highest BCUT2D eigenvalue weighted by Crippen LogP contribution is 2.08. The summed E-state index contributed by atoms with van der Waals surface area (Å²) in [5, 5.41) is 20.2. The van der Waals surface area contributed by atoms with Crippen LogP contribution >= 0.6 is 0 Å². The van der Waals surface area contributed by atoms with Crippen LogP contribution in [0.25, 0.3) is 5.69 Å². The third kappa shape index (κ3) is 3.88. The van der Waals surface area contributed by atoms with Gasteiger partial charge in [0.25, 0.3) is 5.91 Å². The van der Waals surface area contributed by atoms with Crippen LogP contribution in [0.5, 0.6) is 0 Å². The molecule has 0 saturated carbocycles. The Hall–Kier alpha value is -2.21. The number of aliphatic hydroxyl groups excluding tert-OH is 1. The molecular formula is C15H20N4O2. The lowest BCUT2D eigenvalue weighted by Gasteiger charge is -2.20. The molecule has 2 N–H and O–H groups in total. The fourth-order valence-corrected chi connectivity index (χ4v) is 2.01. The fourth-order valence-electron chi connectivity index (χ4n) is 2.01. The number of hydrogen-bond acceptors (Lipinski definition) is 4. The van der Waals surface area contributed by atoms with E-state index in [1.807, 2.05) is 44.2 Å². The van der Waals surface area contributed by atoms with E-state index in [1.54, 1.807) is 0 Å².